The molecule has 1 heterocycles. The number of aryl methyl sites for hydroxylation is 1. The lowest BCUT2D eigenvalue weighted by molar-refractivity contribution is -0.129. The zero-order chi connectivity index (χ0) is 16.7. The van der Waals surface area contributed by atoms with Gasteiger partial charge in [0.2, 0.25) is 5.91 Å². The molecular formula is C19H22N2OS. The fourth-order valence-corrected chi connectivity index (χ4v) is 3.09. The minimum absolute atomic E-state index is 0.0444. The van der Waals surface area contributed by atoms with E-state index in [4.69, 9.17) is 0 Å². The first kappa shape index (κ1) is 17.2. The molecule has 0 radical (unpaired) electrons. The van der Waals surface area contributed by atoms with Crippen LogP contribution in [0.4, 0.5) is 0 Å². The van der Waals surface area contributed by atoms with Crippen LogP contribution >= 0.6 is 11.3 Å². The Balaban J connectivity index is 2.07. The van der Waals surface area contributed by atoms with Gasteiger partial charge in [-0.3, -0.25) is 4.79 Å². The first-order chi connectivity index (χ1) is 11.2. The average Bonchev–Trinajstić information content (AvgIpc) is 3.03. The second-order valence-electron chi connectivity index (χ2n) is 5.25. The van der Waals surface area contributed by atoms with Crippen molar-refractivity contribution < 1.29 is 4.79 Å². The molecule has 2 rings (SSSR count). The fourth-order valence-electron chi connectivity index (χ4n) is 2.26. The SMILES string of the molecule is C=CCN(CC=C)C(=O)Cc1csc(-c2ccc(CC)cc2)n1. The molecule has 0 saturated heterocycles. The van der Waals surface area contributed by atoms with E-state index < -0.39 is 0 Å². The molecule has 2 aromatic rings. The van der Waals surface area contributed by atoms with Gasteiger partial charge in [-0.25, -0.2) is 4.98 Å². The fraction of sp³-hybridized carbons (Fsp3) is 0.263. The molecule has 0 fully saturated rings. The molecule has 0 N–H and O–H groups in total. The Morgan fingerprint density at radius 3 is 2.43 bits per heavy atom. The van der Waals surface area contributed by atoms with Crippen molar-refractivity contribution in [3.8, 4) is 10.6 Å². The van der Waals surface area contributed by atoms with Crippen LogP contribution in [0, 0.1) is 0 Å². The van der Waals surface area contributed by atoms with E-state index in [9.17, 15) is 4.79 Å². The van der Waals surface area contributed by atoms with Gasteiger partial charge in [-0.15, -0.1) is 24.5 Å². The van der Waals surface area contributed by atoms with Crippen molar-refractivity contribution in [2.45, 2.75) is 19.8 Å². The predicted octanol–water partition coefficient (Wildman–Crippen LogP) is 4.12. The van der Waals surface area contributed by atoms with Crippen LogP contribution in [-0.2, 0) is 17.6 Å². The zero-order valence-corrected chi connectivity index (χ0v) is 14.3. The topological polar surface area (TPSA) is 33.2 Å². The van der Waals surface area contributed by atoms with Gasteiger partial charge in [0.1, 0.15) is 5.01 Å². The van der Waals surface area contributed by atoms with Gasteiger partial charge in [-0.1, -0.05) is 43.3 Å². The molecule has 0 unspecified atom stereocenters. The first-order valence-corrected chi connectivity index (χ1v) is 8.59. The van der Waals surface area contributed by atoms with Gasteiger partial charge in [-0.05, 0) is 12.0 Å². The van der Waals surface area contributed by atoms with Crippen LogP contribution in [-0.4, -0.2) is 28.9 Å². The third kappa shape index (κ3) is 4.63. The molecule has 0 aliphatic rings. The van der Waals surface area contributed by atoms with Gasteiger partial charge in [0, 0.05) is 24.0 Å². The molecule has 0 aliphatic heterocycles. The summed E-state index contributed by atoms with van der Waals surface area (Å²) in [7, 11) is 0. The number of nitrogens with zero attached hydrogens (tertiary/aromatic N) is 2. The molecule has 3 nitrogen and oxygen atoms in total. The van der Waals surface area contributed by atoms with Crippen LogP contribution in [0.15, 0.2) is 55.0 Å². The Labute approximate surface area is 142 Å². The first-order valence-electron chi connectivity index (χ1n) is 7.71. The molecular weight excluding hydrogens is 304 g/mol. The molecule has 1 aromatic heterocycles. The number of thiazole rings is 1. The minimum Gasteiger partial charge on any atom is -0.335 e. The Bertz CT molecular complexity index is 663. The number of rotatable bonds is 8. The number of hydrogen-bond acceptors (Lipinski definition) is 3. The van der Waals surface area contributed by atoms with Gasteiger partial charge in [0.05, 0.1) is 12.1 Å². The average molecular weight is 326 g/mol. The van der Waals surface area contributed by atoms with E-state index in [1.165, 1.54) is 5.56 Å². The van der Waals surface area contributed by atoms with Crippen molar-refractivity contribution >= 4 is 17.2 Å². The molecule has 0 aliphatic carbocycles. The highest BCUT2D eigenvalue weighted by Gasteiger charge is 2.14. The number of benzene rings is 1. The van der Waals surface area contributed by atoms with Crippen molar-refractivity contribution in [3.63, 3.8) is 0 Å². The van der Waals surface area contributed by atoms with E-state index in [-0.39, 0.29) is 5.91 Å². The quantitative estimate of drug-likeness (QED) is 0.684. The number of amides is 1. The lowest BCUT2D eigenvalue weighted by Crippen LogP contribution is -2.32. The molecule has 0 saturated carbocycles. The Morgan fingerprint density at radius 2 is 1.87 bits per heavy atom. The summed E-state index contributed by atoms with van der Waals surface area (Å²) >= 11 is 1.57. The Hall–Kier alpha value is -2.20. The summed E-state index contributed by atoms with van der Waals surface area (Å²) in [5, 5.41) is 2.91. The van der Waals surface area contributed by atoms with Crippen LogP contribution in [0.1, 0.15) is 18.2 Å². The van der Waals surface area contributed by atoms with Crippen LogP contribution in [0.2, 0.25) is 0 Å². The van der Waals surface area contributed by atoms with E-state index in [2.05, 4.69) is 49.3 Å². The highest BCUT2D eigenvalue weighted by atomic mass is 32.1. The Kier molecular flexibility index (Phi) is 6.29. The summed E-state index contributed by atoms with van der Waals surface area (Å²) in [6.07, 6.45) is 4.79. The minimum atomic E-state index is 0.0444. The van der Waals surface area contributed by atoms with E-state index >= 15 is 0 Å². The molecule has 1 amide bonds. The third-order valence-corrected chi connectivity index (χ3v) is 4.49. The summed E-state index contributed by atoms with van der Waals surface area (Å²) in [5.41, 5.74) is 3.22. The van der Waals surface area contributed by atoms with Gasteiger partial charge in [-0.2, -0.15) is 0 Å². The van der Waals surface area contributed by atoms with Gasteiger partial charge in [0.25, 0.3) is 0 Å². The molecule has 120 valence electrons. The standard InChI is InChI=1S/C19H22N2OS/c1-4-11-21(12-5-2)18(22)13-17-14-23-19(20-17)16-9-7-15(6-3)8-10-16/h4-5,7-10,14H,1-2,6,11-13H2,3H3. The van der Waals surface area contributed by atoms with Crippen LogP contribution < -0.4 is 0 Å². The van der Waals surface area contributed by atoms with E-state index in [0.29, 0.717) is 19.5 Å². The number of carbonyl (C=O) groups excluding carboxylic acids is 1. The van der Waals surface area contributed by atoms with Crippen LogP contribution in [0.3, 0.4) is 0 Å². The van der Waals surface area contributed by atoms with Crippen LogP contribution in [0.25, 0.3) is 10.6 Å². The largest absolute Gasteiger partial charge is 0.335 e. The lowest BCUT2D eigenvalue weighted by atomic mass is 10.1. The van der Waals surface area contributed by atoms with Crippen molar-refractivity contribution in [2.24, 2.45) is 0 Å². The number of hydrogen-bond donors (Lipinski definition) is 0. The lowest BCUT2D eigenvalue weighted by Gasteiger charge is -2.18. The highest BCUT2D eigenvalue weighted by molar-refractivity contribution is 7.13. The van der Waals surface area contributed by atoms with Gasteiger partial charge in [0.15, 0.2) is 0 Å². The monoisotopic (exact) mass is 326 g/mol. The Morgan fingerprint density at radius 1 is 1.22 bits per heavy atom. The summed E-state index contributed by atoms with van der Waals surface area (Å²) in [6, 6.07) is 8.42. The van der Waals surface area contributed by atoms with E-state index in [1.54, 1.807) is 28.4 Å². The third-order valence-electron chi connectivity index (χ3n) is 3.54. The maximum Gasteiger partial charge on any atom is 0.229 e. The van der Waals surface area contributed by atoms with Crippen molar-refractivity contribution in [1.29, 1.82) is 0 Å². The molecule has 0 bridgehead atoms. The zero-order valence-electron chi connectivity index (χ0n) is 13.5. The van der Waals surface area contributed by atoms with Crippen molar-refractivity contribution in [1.82, 2.24) is 9.88 Å². The predicted molar refractivity (Wildman–Crippen MR) is 97.6 cm³/mol. The number of carbonyl (C=O) groups is 1. The normalized spacial score (nSPS) is 10.3. The summed E-state index contributed by atoms with van der Waals surface area (Å²) in [4.78, 5) is 18.6. The number of aromatic nitrogens is 1. The maximum atomic E-state index is 12.3. The second-order valence-corrected chi connectivity index (χ2v) is 6.11. The molecule has 4 heteroatoms. The summed E-state index contributed by atoms with van der Waals surface area (Å²) in [6.45, 7) is 10.6. The van der Waals surface area contributed by atoms with Crippen molar-refractivity contribution in [3.05, 3.63) is 66.2 Å². The smallest absolute Gasteiger partial charge is 0.229 e. The molecule has 0 spiro atoms. The van der Waals surface area contributed by atoms with E-state index in [0.717, 1.165) is 22.7 Å². The van der Waals surface area contributed by atoms with E-state index in [1.807, 2.05) is 5.38 Å². The van der Waals surface area contributed by atoms with Gasteiger partial charge < -0.3 is 4.90 Å². The maximum absolute atomic E-state index is 12.3. The highest BCUT2D eigenvalue weighted by Crippen LogP contribution is 2.24. The summed E-state index contributed by atoms with van der Waals surface area (Å²) < 4.78 is 0. The van der Waals surface area contributed by atoms with Crippen molar-refractivity contribution in [2.75, 3.05) is 13.1 Å². The molecule has 23 heavy (non-hydrogen) atoms. The molecule has 1 aromatic carbocycles. The molecule has 0 atom stereocenters. The van der Waals surface area contributed by atoms with Gasteiger partial charge >= 0.3 is 0 Å². The summed E-state index contributed by atoms with van der Waals surface area (Å²) in [5.74, 6) is 0.0444. The van der Waals surface area contributed by atoms with Crippen LogP contribution in [0.5, 0.6) is 0 Å². The second kappa shape index (κ2) is 8.44.